The van der Waals surface area contributed by atoms with Gasteiger partial charge in [0.05, 0.1) is 10.6 Å². The predicted molar refractivity (Wildman–Crippen MR) is 72.8 cm³/mol. The molecule has 0 saturated carbocycles. The molecule has 0 atom stereocenters. The first-order valence-electron chi connectivity index (χ1n) is 5.64. The number of rotatable bonds is 3. The van der Waals surface area contributed by atoms with Crippen molar-refractivity contribution < 1.29 is 17.2 Å². The maximum atomic E-state index is 13.1. The van der Waals surface area contributed by atoms with Gasteiger partial charge in [-0.25, -0.2) is 17.2 Å². The van der Waals surface area contributed by atoms with E-state index in [2.05, 4.69) is 4.72 Å². The van der Waals surface area contributed by atoms with Gasteiger partial charge < -0.3 is 5.73 Å². The van der Waals surface area contributed by atoms with E-state index in [1.165, 1.54) is 12.1 Å². The van der Waals surface area contributed by atoms with Crippen LogP contribution in [0.3, 0.4) is 0 Å². The Morgan fingerprint density at radius 3 is 2.45 bits per heavy atom. The molecule has 20 heavy (non-hydrogen) atoms. The summed E-state index contributed by atoms with van der Waals surface area (Å²) in [7, 11) is -3.92. The lowest BCUT2D eigenvalue weighted by atomic mass is 10.2. The fraction of sp³-hybridized carbons (Fsp3) is 0.0769. The van der Waals surface area contributed by atoms with E-state index in [1.54, 1.807) is 13.0 Å². The minimum absolute atomic E-state index is 0.0118. The van der Waals surface area contributed by atoms with E-state index in [0.717, 1.165) is 18.2 Å². The number of nitrogens with one attached hydrogen (secondary N) is 1. The van der Waals surface area contributed by atoms with Gasteiger partial charge in [0.25, 0.3) is 10.0 Å². The smallest absolute Gasteiger partial charge is 0.262 e. The average Bonchev–Trinajstić information content (AvgIpc) is 2.36. The number of benzene rings is 2. The Labute approximate surface area is 115 Å². The second kappa shape index (κ2) is 5.09. The van der Waals surface area contributed by atoms with Gasteiger partial charge in [0.15, 0.2) is 11.6 Å². The van der Waals surface area contributed by atoms with E-state index in [-0.39, 0.29) is 10.6 Å². The number of hydrogen-bond donors (Lipinski definition) is 2. The van der Waals surface area contributed by atoms with Gasteiger partial charge in [0.2, 0.25) is 0 Å². The SMILES string of the molecule is Cc1c(N)cccc1S(=O)(=O)Nc1ccc(F)c(F)c1. The van der Waals surface area contributed by atoms with E-state index in [1.807, 2.05) is 0 Å². The number of nitrogens with two attached hydrogens (primary N) is 1. The van der Waals surface area contributed by atoms with Crippen molar-refractivity contribution in [3.8, 4) is 0 Å². The quantitative estimate of drug-likeness (QED) is 0.856. The van der Waals surface area contributed by atoms with Crippen LogP contribution in [-0.2, 0) is 10.0 Å². The van der Waals surface area contributed by atoms with Crippen LogP contribution in [0.15, 0.2) is 41.3 Å². The van der Waals surface area contributed by atoms with Gasteiger partial charge in [0, 0.05) is 11.8 Å². The molecule has 0 aliphatic heterocycles. The molecule has 7 heteroatoms. The molecule has 0 aromatic heterocycles. The summed E-state index contributed by atoms with van der Waals surface area (Å²) in [6, 6.07) is 7.22. The largest absolute Gasteiger partial charge is 0.398 e. The molecule has 0 aliphatic carbocycles. The molecule has 2 aromatic rings. The fourth-order valence-corrected chi connectivity index (χ4v) is 3.02. The highest BCUT2D eigenvalue weighted by Gasteiger charge is 2.18. The molecule has 106 valence electrons. The molecule has 0 saturated heterocycles. The molecular formula is C13H12F2N2O2S. The molecule has 2 aromatic carbocycles. The van der Waals surface area contributed by atoms with Crippen LogP contribution in [0.4, 0.5) is 20.2 Å². The molecule has 0 heterocycles. The van der Waals surface area contributed by atoms with Crippen molar-refractivity contribution in [1.29, 1.82) is 0 Å². The summed E-state index contributed by atoms with van der Waals surface area (Å²) in [5, 5.41) is 0. The number of anilines is 2. The standard InChI is InChI=1S/C13H12F2N2O2S/c1-8-12(16)3-2-4-13(8)20(18,19)17-9-5-6-10(14)11(15)7-9/h2-7,17H,16H2,1H3. The molecule has 0 radical (unpaired) electrons. The first-order valence-corrected chi connectivity index (χ1v) is 7.12. The molecule has 0 amide bonds. The van der Waals surface area contributed by atoms with Crippen molar-refractivity contribution in [2.75, 3.05) is 10.5 Å². The summed E-state index contributed by atoms with van der Waals surface area (Å²) >= 11 is 0. The van der Waals surface area contributed by atoms with Gasteiger partial charge in [-0.05, 0) is 36.8 Å². The monoisotopic (exact) mass is 298 g/mol. The summed E-state index contributed by atoms with van der Waals surface area (Å²) < 4.78 is 52.4. The van der Waals surface area contributed by atoms with Gasteiger partial charge in [-0.15, -0.1) is 0 Å². The van der Waals surface area contributed by atoms with Gasteiger partial charge >= 0.3 is 0 Å². The van der Waals surface area contributed by atoms with Gasteiger partial charge in [-0.3, -0.25) is 4.72 Å². The zero-order valence-electron chi connectivity index (χ0n) is 10.5. The number of hydrogen-bond acceptors (Lipinski definition) is 3. The van der Waals surface area contributed by atoms with Crippen LogP contribution in [-0.4, -0.2) is 8.42 Å². The molecule has 4 nitrogen and oxygen atoms in total. The predicted octanol–water partition coefficient (Wildman–Crippen LogP) is 2.66. The van der Waals surface area contributed by atoms with Crippen LogP contribution in [0.2, 0.25) is 0 Å². The lowest BCUT2D eigenvalue weighted by Crippen LogP contribution is -2.15. The maximum Gasteiger partial charge on any atom is 0.262 e. The van der Waals surface area contributed by atoms with Crippen LogP contribution >= 0.6 is 0 Å². The molecule has 0 unspecified atom stereocenters. The summed E-state index contributed by atoms with van der Waals surface area (Å²) in [5.74, 6) is -2.18. The summed E-state index contributed by atoms with van der Waals surface area (Å²) in [4.78, 5) is -0.0118. The van der Waals surface area contributed by atoms with Crippen LogP contribution < -0.4 is 10.5 Å². The third-order valence-corrected chi connectivity index (χ3v) is 4.31. The summed E-state index contributed by atoms with van der Waals surface area (Å²) in [5.41, 5.74) is 6.31. The lowest BCUT2D eigenvalue weighted by molar-refractivity contribution is 0.509. The Morgan fingerprint density at radius 2 is 1.80 bits per heavy atom. The average molecular weight is 298 g/mol. The highest BCUT2D eigenvalue weighted by atomic mass is 32.2. The highest BCUT2D eigenvalue weighted by Crippen LogP contribution is 2.23. The van der Waals surface area contributed by atoms with Crippen molar-refractivity contribution in [3.63, 3.8) is 0 Å². The molecule has 0 bridgehead atoms. The zero-order chi connectivity index (χ0) is 14.9. The van der Waals surface area contributed by atoms with E-state index in [9.17, 15) is 17.2 Å². The first-order chi connectivity index (χ1) is 9.31. The van der Waals surface area contributed by atoms with E-state index >= 15 is 0 Å². The summed E-state index contributed by atoms with van der Waals surface area (Å²) in [6.07, 6.45) is 0. The zero-order valence-corrected chi connectivity index (χ0v) is 11.3. The van der Waals surface area contributed by atoms with Gasteiger partial charge in [0.1, 0.15) is 0 Å². The van der Waals surface area contributed by atoms with Crippen molar-refractivity contribution >= 4 is 21.4 Å². The van der Waals surface area contributed by atoms with Gasteiger partial charge in [-0.1, -0.05) is 6.07 Å². The van der Waals surface area contributed by atoms with Crippen molar-refractivity contribution in [2.24, 2.45) is 0 Å². The Kier molecular flexibility index (Phi) is 3.63. The Bertz CT molecular complexity index is 761. The Balaban J connectivity index is 2.41. The molecule has 0 aliphatic rings. The van der Waals surface area contributed by atoms with Crippen LogP contribution in [0.1, 0.15) is 5.56 Å². The Hall–Kier alpha value is -2.15. The molecule has 3 N–H and O–H groups in total. The second-order valence-electron chi connectivity index (χ2n) is 4.20. The minimum Gasteiger partial charge on any atom is -0.398 e. The number of nitrogen functional groups attached to an aromatic ring is 1. The number of sulfonamides is 1. The third-order valence-electron chi connectivity index (χ3n) is 2.79. The molecular weight excluding hydrogens is 286 g/mol. The van der Waals surface area contributed by atoms with Crippen molar-refractivity contribution in [3.05, 3.63) is 53.6 Å². The summed E-state index contributed by atoms with van der Waals surface area (Å²) in [6.45, 7) is 1.56. The third kappa shape index (κ3) is 2.72. The number of halogens is 2. The molecule has 2 rings (SSSR count). The van der Waals surface area contributed by atoms with Crippen molar-refractivity contribution in [1.82, 2.24) is 0 Å². The highest BCUT2D eigenvalue weighted by molar-refractivity contribution is 7.92. The van der Waals surface area contributed by atoms with Crippen LogP contribution in [0.25, 0.3) is 0 Å². The normalized spacial score (nSPS) is 11.3. The molecule has 0 fully saturated rings. The van der Waals surface area contributed by atoms with E-state index in [4.69, 9.17) is 5.73 Å². The van der Waals surface area contributed by atoms with Gasteiger partial charge in [-0.2, -0.15) is 0 Å². The molecule has 0 spiro atoms. The van der Waals surface area contributed by atoms with Crippen molar-refractivity contribution in [2.45, 2.75) is 11.8 Å². The van der Waals surface area contributed by atoms with Crippen LogP contribution in [0.5, 0.6) is 0 Å². The lowest BCUT2D eigenvalue weighted by Gasteiger charge is -2.11. The minimum atomic E-state index is -3.92. The first kappa shape index (κ1) is 14.3. The maximum absolute atomic E-state index is 13.1. The topological polar surface area (TPSA) is 72.2 Å². The van der Waals surface area contributed by atoms with E-state index in [0.29, 0.717) is 11.3 Å². The Morgan fingerprint density at radius 1 is 1.10 bits per heavy atom. The van der Waals surface area contributed by atoms with E-state index < -0.39 is 21.7 Å². The van der Waals surface area contributed by atoms with Crippen LogP contribution in [0, 0.1) is 18.6 Å². The fourth-order valence-electron chi connectivity index (χ4n) is 1.69. The second-order valence-corrected chi connectivity index (χ2v) is 5.86.